The highest BCUT2D eigenvalue weighted by molar-refractivity contribution is 14.1. The molecular weight excluding hydrogens is 402 g/mol. The summed E-state index contributed by atoms with van der Waals surface area (Å²) in [5, 5.41) is 0.646. The molecule has 5 atom stereocenters. The molecule has 0 aromatic carbocycles. The zero-order valence-electron chi connectivity index (χ0n) is 16.4. The molecule has 0 nitrogen and oxygen atoms in total. The van der Waals surface area contributed by atoms with E-state index in [-0.39, 0.29) is 0 Å². The first-order valence-electron chi connectivity index (χ1n) is 11.3. The maximum absolute atomic E-state index is 2.79. The molecule has 3 aliphatic rings. The maximum atomic E-state index is 2.79. The van der Waals surface area contributed by atoms with Crippen molar-refractivity contribution in [2.45, 2.75) is 112 Å². The SMILES string of the molecule is BC1(C2C(C(C)I)CCCC3CCCCCCC32)CCCCCC1. The van der Waals surface area contributed by atoms with Crippen LogP contribution in [-0.2, 0) is 0 Å². The number of rotatable bonds is 2. The van der Waals surface area contributed by atoms with E-state index >= 15 is 0 Å². The van der Waals surface area contributed by atoms with Gasteiger partial charge in [-0.3, -0.25) is 0 Å². The topological polar surface area (TPSA) is 0 Å². The van der Waals surface area contributed by atoms with Crippen molar-refractivity contribution in [1.29, 1.82) is 0 Å². The lowest BCUT2D eigenvalue weighted by Crippen LogP contribution is -2.40. The van der Waals surface area contributed by atoms with Gasteiger partial charge in [0.15, 0.2) is 0 Å². The van der Waals surface area contributed by atoms with Crippen molar-refractivity contribution < 1.29 is 0 Å². The molecule has 3 fully saturated rings. The predicted octanol–water partition coefficient (Wildman–Crippen LogP) is 6.96. The van der Waals surface area contributed by atoms with Crippen LogP contribution in [0.1, 0.15) is 103 Å². The second kappa shape index (κ2) is 9.13. The summed E-state index contributed by atoms with van der Waals surface area (Å²) >= 11 is 2.79. The lowest BCUT2D eigenvalue weighted by molar-refractivity contribution is 0.0940. The molecule has 3 saturated carbocycles. The second-order valence-corrected chi connectivity index (χ2v) is 11.7. The number of alkyl halides is 1. The van der Waals surface area contributed by atoms with Crippen molar-refractivity contribution in [3.8, 4) is 0 Å². The van der Waals surface area contributed by atoms with Gasteiger partial charge in [-0.1, -0.05) is 118 Å². The Hall–Kier alpha value is 0.795. The van der Waals surface area contributed by atoms with Crippen molar-refractivity contribution in [1.82, 2.24) is 0 Å². The first kappa shape index (κ1) is 19.6. The predicted molar refractivity (Wildman–Crippen MR) is 118 cm³/mol. The Labute approximate surface area is 166 Å². The monoisotopic (exact) mass is 442 g/mol. The van der Waals surface area contributed by atoms with Crippen molar-refractivity contribution in [3.05, 3.63) is 0 Å². The van der Waals surface area contributed by atoms with Gasteiger partial charge in [0.2, 0.25) is 0 Å². The van der Waals surface area contributed by atoms with Crippen molar-refractivity contribution in [3.63, 3.8) is 0 Å². The van der Waals surface area contributed by atoms with Gasteiger partial charge in [0.25, 0.3) is 0 Å². The molecular formula is C22H40BI. The molecule has 2 heteroatoms. The fourth-order valence-electron chi connectivity index (χ4n) is 6.95. The third-order valence-electron chi connectivity index (χ3n) is 8.14. The quantitative estimate of drug-likeness (QED) is 0.188. The van der Waals surface area contributed by atoms with Crippen LogP contribution in [-0.4, -0.2) is 11.8 Å². The summed E-state index contributed by atoms with van der Waals surface area (Å²) in [4.78, 5) is 0. The molecule has 138 valence electrons. The van der Waals surface area contributed by atoms with E-state index in [1.54, 1.807) is 19.3 Å². The van der Waals surface area contributed by atoms with Crippen LogP contribution in [0.5, 0.6) is 0 Å². The normalized spacial score (nSPS) is 39.6. The molecule has 3 aliphatic carbocycles. The van der Waals surface area contributed by atoms with Gasteiger partial charge >= 0.3 is 0 Å². The van der Waals surface area contributed by atoms with E-state index in [9.17, 15) is 0 Å². The Bertz CT molecular complexity index is 372. The van der Waals surface area contributed by atoms with Crippen LogP contribution in [0, 0.1) is 23.7 Å². The number of fused-ring (bicyclic) bond motifs is 1. The van der Waals surface area contributed by atoms with Gasteiger partial charge in [-0.2, -0.15) is 0 Å². The van der Waals surface area contributed by atoms with Gasteiger partial charge in [0.1, 0.15) is 7.85 Å². The molecule has 0 radical (unpaired) electrons. The van der Waals surface area contributed by atoms with Crippen LogP contribution >= 0.6 is 22.6 Å². The Kier molecular flexibility index (Phi) is 7.44. The van der Waals surface area contributed by atoms with E-state index in [4.69, 9.17) is 0 Å². The van der Waals surface area contributed by atoms with Crippen LogP contribution in [0.2, 0.25) is 5.31 Å². The summed E-state index contributed by atoms with van der Waals surface area (Å²) in [5.41, 5.74) is 0. The number of hydrogen-bond donors (Lipinski definition) is 0. The van der Waals surface area contributed by atoms with E-state index in [0.717, 1.165) is 27.6 Å². The lowest BCUT2D eigenvalue weighted by Gasteiger charge is -2.49. The van der Waals surface area contributed by atoms with Crippen molar-refractivity contribution in [2.24, 2.45) is 23.7 Å². The Morgan fingerprint density at radius 1 is 0.792 bits per heavy atom. The third-order valence-corrected chi connectivity index (χ3v) is 9.07. The fraction of sp³-hybridized carbons (Fsp3) is 1.00. The van der Waals surface area contributed by atoms with Crippen LogP contribution in [0.15, 0.2) is 0 Å². The third kappa shape index (κ3) is 4.55. The Morgan fingerprint density at radius 2 is 1.38 bits per heavy atom. The molecule has 5 unspecified atom stereocenters. The minimum Gasteiger partial charge on any atom is -0.0826 e. The summed E-state index contributed by atoms with van der Waals surface area (Å²) in [7, 11) is 2.73. The van der Waals surface area contributed by atoms with E-state index in [0.29, 0.717) is 5.31 Å². The minimum absolute atomic E-state index is 0.646. The molecule has 0 aromatic heterocycles. The molecule has 0 aliphatic heterocycles. The summed E-state index contributed by atoms with van der Waals surface area (Å²) < 4.78 is 0.858. The summed E-state index contributed by atoms with van der Waals surface area (Å²) in [5.74, 6) is 4.13. The van der Waals surface area contributed by atoms with Crippen molar-refractivity contribution in [2.75, 3.05) is 0 Å². The van der Waals surface area contributed by atoms with Gasteiger partial charge in [-0.15, -0.1) is 0 Å². The van der Waals surface area contributed by atoms with Gasteiger partial charge < -0.3 is 0 Å². The standard InChI is InChI=1S/C22H40BI/c1-17(24)19-14-10-12-18-11-6-2-3-7-13-20(18)21(19)22(23)15-8-4-5-9-16-22/h17-21H,2-16,23H2,1H3. The van der Waals surface area contributed by atoms with Crippen LogP contribution in [0.4, 0.5) is 0 Å². The zero-order chi connectivity index (χ0) is 17.0. The Balaban J connectivity index is 1.92. The van der Waals surface area contributed by atoms with Crippen LogP contribution in [0.3, 0.4) is 0 Å². The van der Waals surface area contributed by atoms with Gasteiger partial charge in [0, 0.05) is 3.92 Å². The first-order chi connectivity index (χ1) is 11.6. The molecule has 0 bridgehead atoms. The fourth-order valence-corrected chi connectivity index (χ4v) is 7.76. The zero-order valence-corrected chi connectivity index (χ0v) is 18.5. The molecule has 0 spiro atoms. The first-order valence-corrected chi connectivity index (χ1v) is 12.5. The van der Waals surface area contributed by atoms with Gasteiger partial charge in [0.05, 0.1) is 0 Å². The lowest BCUT2D eigenvalue weighted by atomic mass is 9.48. The summed E-state index contributed by atoms with van der Waals surface area (Å²) in [6.07, 6.45) is 22.9. The molecule has 0 heterocycles. The van der Waals surface area contributed by atoms with Gasteiger partial charge in [-0.25, -0.2) is 0 Å². The van der Waals surface area contributed by atoms with E-state index < -0.39 is 0 Å². The van der Waals surface area contributed by atoms with Crippen LogP contribution < -0.4 is 0 Å². The molecule has 0 saturated heterocycles. The van der Waals surface area contributed by atoms with Gasteiger partial charge in [-0.05, 0) is 36.5 Å². The highest BCUT2D eigenvalue weighted by atomic mass is 127. The van der Waals surface area contributed by atoms with E-state index in [2.05, 4.69) is 37.4 Å². The number of halogens is 1. The second-order valence-electron chi connectivity index (χ2n) is 9.78. The van der Waals surface area contributed by atoms with Crippen LogP contribution in [0.25, 0.3) is 0 Å². The largest absolute Gasteiger partial charge is 0.109 e. The smallest absolute Gasteiger partial charge is 0.0826 e. The number of hydrogen-bond acceptors (Lipinski definition) is 0. The Morgan fingerprint density at radius 3 is 2.04 bits per heavy atom. The average Bonchev–Trinajstić information content (AvgIpc) is 2.84. The van der Waals surface area contributed by atoms with Crippen molar-refractivity contribution >= 4 is 30.4 Å². The molecule has 3 rings (SSSR count). The molecule has 24 heavy (non-hydrogen) atoms. The van der Waals surface area contributed by atoms with E-state index in [1.165, 1.54) is 77.0 Å². The highest BCUT2D eigenvalue weighted by Gasteiger charge is 2.47. The average molecular weight is 442 g/mol. The van der Waals surface area contributed by atoms with E-state index in [1.807, 2.05) is 0 Å². The minimum atomic E-state index is 0.646. The molecule has 0 amide bonds. The molecule has 0 N–H and O–H groups in total. The maximum Gasteiger partial charge on any atom is 0.109 e. The molecule has 0 aromatic rings. The summed E-state index contributed by atoms with van der Waals surface area (Å²) in [6, 6.07) is 0. The summed E-state index contributed by atoms with van der Waals surface area (Å²) in [6.45, 7) is 2.53. The highest BCUT2D eigenvalue weighted by Crippen LogP contribution is 2.58.